The zero-order chi connectivity index (χ0) is 27.4. The minimum atomic E-state index is -0.464. The van der Waals surface area contributed by atoms with Crippen molar-refractivity contribution in [1.82, 2.24) is 29.6 Å². The molecule has 0 amide bonds. The van der Waals surface area contributed by atoms with Crippen LogP contribution in [0.3, 0.4) is 0 Å². The number of benzene rings is 1. The zero-order valence-corrected chi connectivity index (χ0v) is 22.2. The molecule has 0 unspecified atom stereocenters. The molecule has 1 aliphatic rings. The van der Waals surface area contributed by atoms with Crippen molar-refractivity contribution in [2.75, 3.05) is 30.8 Å². The lowest BCUT2D eigenvalue weighted by molar-refractivity contribution is 0.0988. The third kappa shape index (κ3) is 5.88. The van der Waals surface area contributed by atoms with Gasteiger partial charge >= 0.3 is 0 Å². The molecule has 3 aromatic heterocycles. The summed E-state index contributed by atoms with van der Waals surface area (Å²) in [6, 6.07) is 8.70. The molecule has 1 fully saturated rings. The molecule has 0 radical (unpaired) electrons. The molecule has 0 spiro atoms. The van der Waals surface area contributed by atoms with Crippen LogP contribution in [0.5, 0.6) is 5.75 Å². The van der Waals surface area contributed by atoms with Gasteiger partial charge in [-0.3, -0.25) is 14.4 Å². The summed E-state index contributed by atoms with van der Waals surface area (Å²) < 4.78 is 22.3. The number of halogens is 1. The molecule has 202 valence electrons. The number of Topliss-reactive ketones (excluding diaryl/α,β-unsaturated/α-hetero) is 1. The lowest BCUT2D eigenvalue weighted by atomic mass is 10.1. The number of ether oxygens (including phenoxy) is 1. The van der Waals surface area contributed by atoms with E-state index < -0.39 is 5.82 Å². The largest absolute Gasteiger partial charge is 0.494 e. The number of hydrogen-bond acceptors (Lipinski definition) is 9. The minimum Gasteiger partial charge on any atom is -0.494 e. The smallest absolute Gasteiger partial charge is 0.184 e. The second-order valence-electron chi connectivity index (χ2n) is 9.43. The maximum absolute atomic E-state index is 15.0. The molecule has 0 bridgehead atoms. The van der Waals surface area contributed by atoms with Gasteiger partial charge in [0.2, 0.25) is 0 Å². The third-order valence-electron chi connectivity index (χ3n) is 6.60. The Hall–Kier alpha value is -4.38. The number of ketones is 1. The number of carbonyl (C=O) groups excluding carboxylic acids is 1. The number of aryl methyl sites for hydroxylation is 1. The van der Waals surface area contributed by atoms with Gasteiger partial charge in [-0.25, -0.2) is 19.3 Å². The molecule has 0 saturated carbocycles. The SMILES string of the molecule is CCC(=O)c1cnc(Nc2ncc(CN3CCCC3)cc2F)cc1Nc1cccc(-c2ncn(C)n2)c1OC. The highest BCUT2D eigenvalue weighted by atomic mass is 19.1. The summed E-state index contributed by atoms with van der Waals surface area (Å²) in [5, 5.41) is 10.6. The van der Waals surface area contributed by atoms with Crippen LogP contribution in [0.1, 0.15) is 42.1 Å². The molecule has 11 heteroatoms. The van der Waals surface area contributed by atoms with E-state index in [1.165, 1.54) is 25.1 Å². The van der Waals surface area contributed by atoms with Gasteiger partial charge in [0, 0.05) is 38.5 Å². The third-order valence-corrected chi connectivity index (χ3v) is 6.60. The average molecular weight is 531 g/mol. The lowest BCUT2D eigenvalue weighted by Gasteiger charge is -2.17. The standard InChI is InChI=1S/C28H31FN8O2/c1-4-24(38)20-15-30-25(34-28-21(29)12-18(14-31-28)16-37-10-5-6-11-37)13-23(20)33-22-9-7-8-19(26(22)39-3)27-32-17-36(2)35-27/h7-9,12-15,17H,4-6,10-11,16H2,1-3H3,(H2,30,31,33,34). The zero-order valence-electron chi connectivity index (χ0n) is 22.2. The number of nitrogens with one attached hydrogen (secondary N) is 2. The van der Waals surface area contributed by atoms with Gasteiger partial charge in [-0.15, -0.1) is 0 Å². The van der Waals surface area contributed by atoms with Crippen LogP contribution in [0, 0.1) is 5.82 Å². The van der Waals surface area contributed by atoms with Crippen LogP contribution in [0.25, 0.3) is 11.4 Å². The number of methoxy groups -OCH3 is 1. The van der Waals surface area contributed by atoms with Gasteiger partial charge in [-0.05, 0) is 49.7 Å². The predicted molar refractivity (Wildman–Crippen MR) is 147 cm³/mol. The summed E-state index contributed by atoms with van der Waals surface area (Å²) >= 11 is 0. The van der Waals surface area contributed by atoms with Gasteiger partial charge in [0.25, 0.3) is 0 Å². The molecule has 10 nitrogen and oxygen atoms in total. The molecule has 1 aliphatic heterocycles. The molecule has 0 aliphatic carbocycles. The number of para-hydroxylation sites is 1. The van der Waals surface area contributed by atoms with E-state index in [0.29, 0.717) is 52.9 Å². The molecule has 5 rings (SSSR count). The Kier molecular flexibility index (Phi) is 7.78. The van der Waals surface area contributed by atoms with Gasteiger partial charge in [0.15, 0.2) is 29.0 Å². The van der Waals surface area contributed by atoms with Crippen molar-refractivity contribution in [3.05, 3.63) is 66.0 Å². The molecular formula is C28H31FN8O2. The van der Waals surface area contributed by atoms with Gasteiger partial charge in [0.05, 0.1) is 29.6 Å². The highest BCUT2D eigenvalue weighted by Crippen LogP contribution is 2.37. The van der Waals surface area contributed by atoms with E-state index in [-0.39, 0.29) is 11.6 Å². The van der Waals surface area contributed by atoms with Crippen molar-refractivity contribution in [3.63, 3.8) is 0 Å². The Morgan fingerprint density at radius 2 is 1.90 bits per heavy atom. The Morgan fingerprint density at radius 1 is 1.08 bits per heavy atom. The van der Waals surface area contributed by atoms with Crippen molar-refractivity contribution in [2.24, 2.45) is 7.05 Å². The van der Waals surface area contributed by atoms with Crippen LogP contribution >= 0.6 is 0 Å². The Balaban J connectivity index is 1.43. The monoisotopic (exact) mass is 530 g/mol. The van der Waals surface area contributed by atoms with E-state index in [0.717, 1.165) is 18.7 Å². The first-order valence-corrected chi connectivity index (χ1v) is 12.9. The second kappa shape index (κ2) is 11.6. The Labute approximate surface area is 226 Å². The topological polar surface area (TPSA) is 110 Å². The maximum Gasteiger partial charge on any atom is 0.184 e. The number of anilines is 4. The summed E-state index contributed by atoms with van der Waals surface area (Å²) in [5.41, 5.74) is 3.03. The number of carbonyl (C=O) groups is 1. The predicted octanol–water partition coefficient (Wildman–Crippen LogP) is 5.10. The number of hydrogen-bond donors (Lipinski definition) is 2. The molecule has 4 aromatic rings. The van der Waals surface area contributed by atoms with E-state index in [4.69, 9.17) is 4.74 Å². The van der Waals surface area contributed by atoms with E-state index in [1.54, 1.807) is 44.4 Å². The average Bonchev–Trinajstić information content (AvgIpc) is 3.61. The number of pyridine rings is 2. The summed E-state index contributed by atoms with van der Waals surface area (Å²) in [4.78, 5) is 28.0. The second-order valence-corrected chi connectivity index (χ2v) is 9.43. The Morgan fingerprint density at radius 3 is 2.59 bits per heavy atom. The molecule has 1 aromatic carbocycles. The van der Waals surface area contributed by atoms with Crippen molar-refractivity contribution in [3.8, 4) is 17.1 Å². The van der Waals surface area contributed by atoms with Crippen molar-refractivity contribution >= 4 is 28.8 Å². The first kappa shape index (κ1) is 26.2. The fourth-order valence-corrected chi connectivity index (χ4v) is 4.66. The highest BCUT2D eigenvalue weighted by Gasteiger charge is 2.19. The number of aromatic nitrogens is 5. The van der Waals surface area contributed by atoms with Crippen LogP contribution in [-0.4, -0.2) is 55.6 Å². The number of nitrogens with zero attached hydrogens (tertiary/aromatic N) is 6. The summed E-state index contributed by atoms with van der Waals surface area (Å²) in [7, 11) is 3.35. The first-order chi connectivity index (χ1) is 18.9. The van der Waals surface area contributed by atoms with Crippen LogP contribution < -0.4 is 15.4 Å². The Bertz CT molecular complexity index is 1480. The fraction of sp³-hybridized carbons (Fsp3) is 0.321. The van der Waals surface area contributed by atoms with Gasteiger partial charge in [-0.1, -0.05) is 13.0 Å². The molecule has 4 heterocycles. The van der Waals surface area contributed by atoms with Crippen molar-refractivity contribution in [1.29, 1.82) is 0 Å². The van der Waals surface area contributed by atoms with Crippen LogP contribution in [0.2, 0.25) is 0 Å². The van der Waals surface area contributed by atoms with Gasteiger partial charge in [0.1, 0.15) is 12.1 Å². The summed E-state index contributed by atoms with van der Waals surface area (Å²) in [5.74, 6) is 0.878. The minimum absolute atomic E-state index is 0.0639. The quantitative estimate of drug-likeness (QED) is 0.271. The van der Waals surface area contributed by atoms with E-state index >= 15 is 0 Å². The lowest BCUT2D eigenvalue weighted by Crippen LogP contribution is -2.18. The molecular weight excluding hydrogens is 499 g/mol. The van der Waals surface area contributed by atoms with Gasteiger partial charge < -0.3 is 15.4 Å². The highest BCUT2D eigenvalue weighted by molar-refractivity contribution is 6.02. The van der Waals surface area contributed by atoms with E-state index in [1.807, 2.05) is 18.2 Å². The van der Waals surface area contributed by atoms with Gasteiger partial charge in [-0.2, -0.15) is 5.10 Å². The number of likely N-dealkylation sites (tertiary alicyclic amines) is 1. The van der Waals surface area contributed by atoms with Crippen LogP contribution in [0.4, 0.5) is 27.4 Å². The van der Waals surface area contributed by atoms with Crippen LogP contribution in [0.15, 0.2) is 49.1 Å². The van der Waals surface area contributed by atoms with Crippen LogP contribution in [-0.2, 0) is 13.6 Å². The fourth-order valence-electron chi connectivity index (χ4n) is 4.66. The van der Waals surface area contributed by atoms with Crippen molar-refractivity contribution in [2.45, 2.75) is 32.7 Å². The summed E-state index contributed by atoms with van der Waals surface area (Å²) in [6.45, 7) is 4.51. The summed E-state index contributed by atoms with van der Waals surface area (Å²) in [6.07, 6.45) is 7.41. The van der Waals surface area contributed by atoms with E-state index in [9.17, 15) is 9.18 Å². The van der Waals surface area contributed by atoms with Crippen molar-refractivity contribution < 1.29 is 13.9 Å². The van der Waals surface area contributed by atoms with E-state index in [2.05, 4.69) is 35.6 Å². The molecule has 39 heavy (non-hydrogen) atoms. The first-order valence-electron chi connectivity index (χ1n) is 12.9. The molecule has 1 saturated heterocycles. The maximum atomic E-state index is 15.0. The molecule has 2 N–H and O–H groups in total. The molecule has 0 atom stereocenters. The number of rotatable bonds is 10. The normalized spacial score (nSPS) is 13.4.